The van der Waals surface area contributed by atoms with E-state index in [-0.39, 0.29) is 0 Å². The van der Waals surface area contributed by atoms with Crippen LogP contribution in [0.1, 0.15) is 6.42 Å². The van der Waals surface area contributed by atoms with Crippen LogP contribution in [0.2, 0.25) is 0 Å². The van der Waals surface area contributed by atoms with Gasteiger partial charge in [-0.3, -0.25) is 0 Å². The zero-order chi connectivity index (χ0) is 14.4. The highest BCUT2D eigenvalue weighted by molar-refractivity contribution is 5.47. The second kappa shape index (κ2) is 2.98. The first-order valence-electron chi connectivity index (χ1n) is 5.41. The van der Waals surface area contributed by atoms with Crippen LogP contribution in [-0.4, -0.2) is 23.2 Å². The Hall–Kier alpha value is -1.08. The smallest absolute Gasteiger partial charge is 0.229 e. The van der Waals surface area contributed by atoms with Gasteiger partial charge in [-0.2, -0.15) is 17.6 Å². The number of hydrogen-bond acceptors (Lipinski definition) is 0. The molecule has 0 aromatic heterocycles. The lowest BCUT2D eigenvalue weighted by molar-refractivity contribution is -0.365. The molecular formula is C11H6F8. The molecule has 0 saturated heterocycles. The van der Waals surface area contributed by atoms with E-state index in [1.54, 1.807) is 0 Å². The van der Waals surface area contributed by atoms with Crippen LogP contribution in [0.4, 0.5) is 35.1 Å². The molecule has 106 valence electrons. The normalized spacial score (nSPS) is 49.7. The van der Waals surface area contributed by atoms with Crippen molar-refractivity contribution in [1.29, 1.82) is 0 Å². The predicted octanol–water partition coefficient (Wildman–Crippen LogP) is 4.04. The zero-order valence-electron chi connectivity index (χ0n) is 9.04. The molecule has 2 bridgehead atoms. The van der Waals surface area contributed by atoms with E-state index in [0.29, 0.717) is 6.08 Å². The van der Waals surface area contributed by atoms with Crippen LogP contribution in [0.5, 0.6) is 0 Å². The van der Waals surface area contributed by atoms with Crippen molar-refractivity contribution in [3.05, 3.63) is 23.8 Å². The van der Waals surface area contributed by atoms with Crippen molar-refractivity contribution in [2.45, 2.75) is 29.6 Å². The molecule has 0 spiro atoms. The standard InChI is InChI=1S/C11H6F8/c12-6-7(13)9(15)5-3-1-2-4(5)8(6,14)10(16,17)11(9,18)19/h1-2,4-5H,3H2. The molecule has 19 heavy (non-hydrogen) atoms. The maximum absolute atomic E-state index is 14.3. The molecule has 0 aromatic rings. The first-order valence-corrected chi connectivity index (χ1v) is 5.41. The maximum Gasteiger partial charge on any atom is 0.354 e. The molecule has 4 aliphatic carbocycles. The Morgan fingerprint density at radius 1 is 0.842 bits per heavy atom. The quantitative estimate of drug-likeness (QED) is 0.466. The van der Waals surface area contributed by atoms with Crippen molar-refractivity contribution in [2.75, 3.05) is 0 Å². The first-order chi connectivity index (χ1) is 8.54. The van der Waals surface area contributed by atoms with E-state index in [9.17, 15) is 35.1 Å². The van der Waals surface area contributed by atoms with E-state index < -0.39 is 53.1 Å². The topological polar surface area (TPSA) is 0 Å². The summed E-state index contributed by atoms with van der Waals surface area (Å²) in [5, 5.41) is 0. The third-order valence-electron chi connectivity index (χ3n) is 4.28. The summed E-state index contributed by atoms with van der Waals surface area (Å²) in [5.74, 6) is -21.1. The van der Waals surface area contributed by atoms with Gasteiger partial charge in [0, 0.05) is 11.8 Å². The Balaban J connectivity index is 2.41. The lowest BCUT2D eigenvalue weighted by Crippen LogP contribution is -2.78. The highest BCUT2D eigenvalue weighted by atomic mass is 19.3. The fraction of sp³-hybridized carbons (Fsp3) is 0.636. The van der Waals surface area contributed by atoms with Crippen molar-refractivity contribution in [3.8, 4) is 0 Å². The average molecular weight is 290 g/mol. The van der Waals surface area contributed by atoms with E-state index in [2.05, 4.69) is 0 Å². The largest absolute Gasteiger partial charge is 0.354 e. The van der Waals surface area contributed by atoms with Crippen molar-refractivity contribution >= 4 is 0 Å². The minimum atomic E-state index is -5.66. The number of fused-ring (bicyclic) bond motifs is 1. The summed E-state index contributed by atoms with van der Waals surface area (Å²) in [4.78, 5) is 0. The Bertz CT molecular complexity index is 521. The minimum absolute atomic E-state index is 0.556. The van der Waals surface area contributed by atoms with Crippen molar-refractivity contribution in [2.24, 2.45) is 11.8 Å². The van der Waals surface area contributed by atoms with E-state index in [1.807, 2.05) is 0 Å². The lowest BCUT2D eigenvalue weighted by Gasteiger charge is -2.57. The molecule has 0 aliphatic heterocycles. The number of rotatable bonds is 0. The molecule has 4 rings (SSSR count). The third kappa shape index (κ3) is 0.922. The number of halogens is 8. The Labute approximate surface area is 101 Å². The fourth-order valence-electron chi connectivity index (χ4n) is 3.28. The first kappa shape index (κ1) is 12.9. The van der Waals surface area contributed by atoms with Crippen LogP contribution >= 0.6 is 0 Å². The average Bonchev–Trinajstić information content (AvgIpc) is 2.81. The monoisotopic (exact) mass is 290 g/mol. The van der Waals surface area contributed by atoms with Gasteiger partial charge in [-0.25, -0.2) is 17.6 Å². The van der Waals surface area contributed by atoms with Crippen molar-refractivity contribution < 1.29 is 35.1 Å². The molecule has 0 aromatic carbocycles. The summed E-state index contributed by atoms with van der Waals surface area (Å²) < 4.78 is 110. The molecule has 0 nitrogen and oxygen atoms in total. The molecule has 4 unspecified atom stereocenters. The fourth-order valence-corrected chi connectivity index (χ4v) is 3.28. The van der Waals surface area contributed by atoms with E-state index in [0.717, 1.165) is 6.08 Å². The zero-order valence-corrected chi connectivity index (χ0v) is 9.04. The number of alkyl halides is 6. The van der Waals surface area contributed by atoms with Gasteiger partial charge in [0.25, 0.3) is 0 Å². The van der Waals surface area contributed by atoms with Crippen molar-refractivity contribution in [3.63, 3.8) is 0 Å². The molecule has 0 N–H and O–H groups in total. The molecule has 8 heteroatoms. The summed E-state index contributed by atoms with van der Waals surface area (Å²) in [6.45, 7) is 0. The Kier molecular flexibility index (Phi) is 2.03. The molecule has 4 atom stereocenters. The summed E-state index contributed by atoms with van der Waals surface area (Å²) in [5.41, 5.74) is -9.07. The van der Waals surface area contributed by atoms with Crippen LogP contribution < -0.4 is 0 Å². The maximum atomic E-state index is 14.3. The number of hydrogen-bond donors (Lipinski definition) is 0. The van der Waals surface area contributed by atoms with Crippen LogP contribution in [0.3, 0.4) is 0 Å². The summed E-state index contributed by atoms with van der Waals surface area (Å²) in [6.07, 6.45) is 1.12. The van der Waals surface area contributed by atoms with Crippen LogP contribution in [0, 0.1) is 11.8 Å². The number of allylic oxidation sites excluding steroid dienone is 4. The second-order valence-corrected chi connectivity index (χ2v) is 5.00. The van der Waals surface area contributed by atoms with E-state index in [4.69, 9.17) is 0 Å². The van der Waals surface area contributed by atoms with Gasteiger partial charge in [0.1, 0.15) is 0 Å². The van der Waals surface area contributed by atoms with Crippen LogP contribution in [0.15, 0.2) is 23.8 Å². The molecule has 0 amide bonds. The summed E-state index contributed by atoms with van der Waals surface area (Å²) in [7, 11) is 0. The van der Waals surface area contributed by atoms with Gasteiger partial charge in [-0.15, -0.1) is 0 Å². The van der Waals surface area contributed by atoms with Gasteiger partial charge in [0.2, 0.25) is 11.3 Å². The molecular weight excluding hydrogens is 284 g/mol. The van der Waals surface area contributed by atoms with Gasteiger partial charge in [-0.1, -0.05) is 12.2 Å². The molecule has 1 fully saturated rings. The molecule has 0 radical (unpaired) electrons. The van der Waals surface area contributed by atoms with Gasteiger partial charge in [-0.05, 0) is 6.42 Å². The van der Waals surface area contributed by atoms with Gasteiger partial charge >= 0.3 is 11.8 Å². The van der Waals surface area contributed by atoms with Crippen molar-refractivity contribution in [1.82, 2.24) is 0 Å². The van der Waals surface area contributed by atoms with Gasteiger partial charge < -0.3 is 0 Å². The molecule has 1 saturated carbocycles. The SMILES string of the molecule is FC1=C(F)C2(F)C3CC=CC3C1(F)C(F)(F)C2(F)F. The molecule has 0 heterocycles. The van der Waals surface area contributed by atoms with E-state index >= 15 is 0 Å². The lowest BCUT2D eigenvalue weighted by atomic mass is 9.55. The highest BCUT2D eigenvalue weighted by Gasteiger charge is 2.92. The Morgan fingerprint density at radius 3 is 1.89 bits per heavy atom. The third-order valence-corrected chi connectivity index (χ3v) is 4.28. The Morgan fingerprint density at radius 2 is 1.32 bits per heavy atom. The summed E-state index contributed by atoms with van der Waals surface area (Å²) >= 11 is 0. The minimum Gasteiger partial charge on any atom is -0.229 e. The van der Waals surface area contributed by atoms with Gasteiger partial charge in [0.05, 0.1) is 0 Å². The highest BCUT2D eigenvalue weighted by Crippen LogP contribution is 2.73. The van der Waals surface area contributed by atoms with Gasteiger partial charge in [0.15, 0.2) is 11.7 Å². The summed E-state index contributed by atoms with van der Waals surface area (Å²) in [6, 6.07) is 0. The van der Waals surface area contributed by atoms with E-state index in [1.165, 1.54) is 0 Å². The molecule has 4 aliphatic rings. The predicted molar refractivity (Wildman–Crippen MR) is 47.6 cm³/mol. The van der Waals surface area contributed by atoms with Crippen LogP contribution in [0.25, 0.3) is 0 Å². The van der Waals surface area contributed by atoms with Crippen LogP contribution in [-0.2, 0) is 0 Å². The second-order valence-electron chi connectivity index (χ2n) is 5.00.